The molecule has 2 heterocycles. The van der Waals surface area contributed by atoms with Crippen LogP contribution in [0.5, 0.6) is 28.7 Å². The number of nitrogens with one attached hydrogen (secondary N) is 1. The molecule has 1 aromatic heterocycles. The van der Waals surface area contributed by atoms with Crippen molar-refractivity contribution in [3.05, 3.63) is 53.0 Å². The first-order valence-corrected chi connectivity index (χ1v) is 9.66. The van der Waals surface area contributed by atoms with Crippen LogP contribution >= 0.6 is 0 Å². The average molecular weight is 435 g/mol. The number of fused-ring (bicyclic) bond motifs is 1. The molecule has 0 saturated heterocycles. The molecule has 4 rings (SSSR count). The Morgan fingerprint density at radius 3 is 2.47 bits per heavy atom. The maximum atomic E-state index is 9.42. The predicted molar refractivity (Wildman–Crippen MR) is 116 cm³/mol. The zero-order valence-corrected chi connectivity index (χ0v) is 17.8. The van der Waals surface area contributed by atoms with Crippen LogP contribution in [0.3, 0.4) is 0 Å². The van der Waals surface area contributed by atoms with Crippen LogP contribution < -0.4 is 29.0 Å². The van der Waals surface area contributed by atoms with Crippen molar-refractivity contribution in [2.45, 2.75) is 6.54 Å². The van der Waals surface area contributed by atoms with Gasteiger partial charge < -0.3 is 33.4 Å². The number of hydrogen-bond donors (Lipinski definition) is 1. The molecule has 164 valence electrons. The summed E-state index contributed by atoms with van der Waals surface area (Å²) in [5.41, 5.74) is 1.89. The molecule has 0 unspecified atom stereocenters. The average Bonchev–Trinajstić information content (AvgIpc) is 3.46. The summed E-state index contributed by atoms with van der Waals surface area (Å²) in [6.07, 6.45) is 3.44. The third-order valence-electron chi connectivity index (χ3n) is 4.75. The van der Waals surface area contributed by atoms with E-state index in [1.807, 2.05) is 24.3 Å². The molecule has 1 aliphatic rings. The van der Waals surface area contributed by atoms with Crippen molar-refractivity contribution < 1.29 is 28.1 Å². The number of anilines is 1. The summed E-state index contributed by atoms with van der Waals surface area (Å²) >= 11 is 0. The van der Waals surface area contributed by atoms with Gasteiger partial charge in [0.05, 0.1) is 21.3 Å². The SMILES string of the molecule is COc1cc(/C=C/c2nc(C#N)c(NCc3ccc4c(c3)OCO4)o2)cc(OC)c1OC. The lowest BCUT2D eigenvalue weighted by Gasteiger charge is -2.12. The van der Waals surface area contributed by atoms with Gasteiger partial charge in [0.2, 0.25) is 30.0 Å². The highest BCUT2D eigenvalue weighted by Crippen LogP contribution is 2.38. The van der Waals surface area contributed by atoms with Crippen molar-refractivity contribution in [3.8, 4) is 34.8 Å². The highest BCUT2D eigenvalue weighted by molar-refractivity contribution is 5.71. The maximum Gasteiger partial charge on any atom is 0.232 e. The minimum atomic E-state index is 0.162. The second kappa shape index (κ2) is 9.22. The van der Waals surface area contributed by atoms with E-state index in [9.17, 15) is 5.26 Å². The van der Waals surface area contributed by atoms with E-state index in [1.165, 1.54) is 0 Å². The number of ether oxygens (including phenoxy) is 5. The van der Waals surface area contributed by atoms with Crippen molar-refractivity contribution >= 4 is 18.0 Å². The van der Waals surface area contributed by atoms with E-state index < -0.39 is 0 Å². The quantitative estimate of drug-likeness (QED) is 0.560. The molecule has 0 amide bonds. The van der Waals surface area contributed by atoms with Crippen molar-refractivity contribution in [3.63, 3.8) is 0 Å². The summed E-state index contributed by atoms with van der Waals surface area (Å²) in [7, 11) is 4.65. The largest absolute Gasteiger partial charge is 0.493 e. The Balaban J connectivity index is 1.51. The standard InChI is InChI=1S/C23H21N3O6/c1-27-19-8-14(9-20(28-2)22(19)29-3)5-7-21-26-16(11-24)23(32-21)25-12-15-4-6-17-18(10-15)31-13-30-17/h4-10,25H,12-13H2,1-3H3/b7-5+. The fourth-order valence-electron chi connectivity index (χ4n) is 3.20. The Hall–Kier alpha value is -4.32. The van der Waals surface area contributed by atoms with E-state index in [1.54, 1.807) is 45.6 Å². The number of aromatic nitrogens is 1. The van der Waals surface area contributed by atoms with Crippen LogP contribution in [0.25, 0.3) is 12.2 Å². The van der Waals surface area contributed by atoms with Gasteiger partial charge in [0.25, 0.3) is 0 Å². The van der Waals surface area contributed by atoms with Crippen LogP contribution in [0.2, 0.25) is 0 Å². The first kappa shape index (κ1) is 20.9. The Morgan fingerprint density at radius 2 is 1.78 bits per heavy atom. The van der Waals surface area contributed by atoms with E-state index in [0.717, 1.165) is 11.1 Å². The van der Waals surface area contributed by atoms with Gasteiger partial charge in [-0.3, -0.25) is 0 Å². The molecule has 1 N–H and O–H groups in total. The molecule has 9 heteroatoms. The van der Waals surface area contributed by atoms with Gasteiger partial charge >= 0.3 is 0 Å². The van der Waals surface area contributed by atoms with Crippen LogP contribution in [0.1, 0.15) is 22.7 Å². The van der Waals surface area contributed by atoms with Gasteiger partial charge in [-0.2, -0.15) is 10.2 Å². The lowest BCUT2D eigenvalue weighted by Crippen LogP contribution is -1.99. The monoisotopic (exact) mass is 435 g/mol. The highest BCUT2D eigenvalue weighted by atomic mass is 16.7. The molecule has 9 nitrogen and oxygen atoms in total. The van der Waals surface area contributed by atoms with Gasteiger partial charge in [0.1, 0.15) is 6.07 Å². The Bertz CT molecular complexity index is 1170. The maximum absolute atomic E-state index is 9.42. The topological polar surface area (TPSA) is 108 Å². The number of hydrogen-bond acceptors (Lipinski definition) is 9. The first-order chi connectivity index (χ1) is 15.6. The number of nitriles is 1. The molecule has 0 bridgehead atoms. The van der Waals surface area contributed by atoms with E-state index >= 15 is 0 Å². The molecule has 32 heavy (non-hydrogen) atoms. The van der Waals surface area contributed by atoms with E-state index in [0.29, 0.717) is 35.3 Å². The van der Waals surface area contributed by atoms with E-state index in [-0.39, 0.29) is 24.3 Å². The van der Waals surface area contributed by atoms with Crippen LogP contribution in [0.4, 0.5) is 5.88 Å². The highest BCUT2D eigenvalue weighted by Gasteiger charge is 2.16. The number of benzene rings is 2. The van der Waals surface area contributed by atoms with E-state index in [2.05, 4.69) is 10.3 Å². The predicted octanol–water partition coefficient (Wildman–Crippen LogP) is 4.08. The summed E-state index contributed by atoms with van der Waals surface area (Å²) < 4.78 is 32.5. The van der Waals surface area contributed by atoms with Gasteiger partial charge in [-0.25, -0.2) is 0 Å². The fraction of sp³-hybridized carbons (Fsp3) is 0.217. The summed E-state index contributed by atoms with van der Waals surface area (Å²) in [6, 6.07) is 11.3. The van der Waals surface area contributed by atoms with Gasteiger partial charge in [0, 0.05) is 12.6 Å². The Kier molecular flexibility index (Phi) is 6.03. The van der Waals surface area contributed by atoms with Gasteiger partial charge in [-0.05, 0) is 41.5 Å². The second-order valence-corrected chi connectivity index (χ2v) is 6.67. The minimum Gasteiger partial charge on any atom is -0.493 e. The van der Waals surface area contributed by atoms with Gasteiger partial charge in [-0.15, -0.1) is 0 Å². The molecule has 1 aliphatic heterocycles. The van der Waals surface area contributed by atoms with Gasteiger partial charge in [-0.1, -0.05) is 6.07 Å². The second-order valence-electron chi connectivity index (χ2n) is 6.67. The van der Waals surface area contributed by atoms with Crippen LogP contribution in [-0.4, -0.2) is 33.1 Å². The number of methoxy groups -OCH3 is 3. The van der Waals surface area contributed by atoms with Crippen LogP contribution in [0.15, 0.2) is 34.7 Å². The third kappa shape index (κ3) is 4.25. The molecular formula is C23H21N3O6. The van der Waals surface area contributed by atoms with Crippen LogP contribution in [0, 0.1) is 11.3 Å². The zero-order valence-electron chi connectivity index (χ0n) is 17.8. The molecule has 0 fully saturated rings. The fourth-order valence-corrected chi connectivity index (χ4v) is 3.20. The van der Waals surface area contributed by atoms with Crippen molar-refractivity contribution in [1.29, 1.82) is 5.26 Å². The number of oxazole rings is 1. The molecule has 3 aromatic rings. The number of rotatable bonds is 8. The summed E-state index contributed by atoms with van der Waals surface area (Å²) in [5.74, 6) is 3.54. The van der Waals surface area contributed by atoms with Crippen molar-refractivity contribution in [1.82, 2.24) is 4.98 Å². The summed E-state index contributed by atoms with van der Waals surface area (Å²) in [5, 5.41) is 12.5. The third-order valence-corrected chi connectivity index (χ3v) is 4.75. The molecule has 0 saturated carbocycles. The van der Waals surface area contributed by atoms with Crippen molar-refractivity contribution in [2.75, 3.05) is 33.4 Å². The van der Waals surface area contributed by atoms with Crippen molar-refractivity contribution in [2.24, 2.45) is 0 Å². The zero-order chi connectivity index (χ0) is 22.5. The number of nitrogens with zero attached hydrogens (tertiary/aromatic N) is 2. The van der Waals surface area contributed by atoms with E-state index in [4.69, 9.17) is 28.1 Å². The first-order valence-electron chi connectivity index (χ1n) is 9.66. The van der Waals surface area contributed by atoms with Gasteiger partial charge in [0.15, 0.2) is 23.0 Å². The molecule has 0 radical (unpaired) electrons. The summed E-state index contributed by atoms with van der Waals surface area (Å²) in [4.78, 5) is 4.22. The molecule has 0 aliphatic carbocycles. The lowest BCUT2D eigenvalue weighted by molar-refractivity contribution is 0.174. The Labute approximate surface area is 184 Å². The molecule has 2 aromatic carbocycles. The minimum absolute atomic E-state index is 0.162. The molecule has 0 atom stereocenters. The van der Waals surface area contributed by atoms with Crippen LogP contribution in [-0.2, 0) is 6.54 Å². The smallest absolute Gasteiger partial charge is 0.232 e. The Morgan fingerprint density at radius 1 is 1.03 bits per heavy atom. The normalized spacial score (nSPS) is 11.9. The summed E-state index contributed by atoms with van der Waals surface area (Å²) in [6.45, 7) is 0.644. The lowest BCUT2D eigenvalue weighted by atomic mass is 10.1. The molecule has 0 spiro atoms. The molecular weight excluding hydrogens is 414 g/mol.